The molecular weight excluding hydrogens is 437 g/mol. The monoisotopic (exact) mass is 455 g/mol. The number of para-hydroxylation sites is 1. The Morgan fingerprint density at radius 2 is 1.71 bits per heavy atom. The molecule has 0 aromatic heterocycles. The number of ketones is 1. The summed E-state index contributed by atoms with van der Waals surface area (Å²) in [4.78, 5) is 27.9. The Bertz CT molecular complexity index is 1160. The molecule has 0 fully saturated rings. The van der Waals surface area contributed by atoms with E-state index in [0.717, 1.165) is 5.56 Å². The Balaban J connectivity index is 1.72. The lowest BCUT2D eigenvalue weighted by Crippen LogP contribution is -2.41. The molecule has 1 N–H and O–H groups in total. The SMILES string of the molecule is COc1ccccc1C(=O)C[C@@]1(O)C(=O)N(Cc2ccc(Cl)cc2)c2ccc(Cl)cc21. The van der Waals surface area contributed by atoms with Crippen molar-refractivity contribution >= 4 is 40.6 Å². The van der Waals surface area contributed by atoms with Crippen molar-refractivity contribution < 1.29 is 19.4 Å². The molecule has 158 valence electrons. The van der Waals surface area contributed by atoms with Gasteiger partial charge in [0.05, 0.1) is 31.3 Å². The number of halogens is 2. The molecule has 7 heteroatoms. The quantitative estimate of drug-likeness (QED) is 0.530. The first-order chi connectivity index (χ1) is 14.8. The first-order valence-electron chi connectivity index (χ1n) is 9.58. The third-order valence-electron chi connectivity index (χ3n) is 5.37. The molecule has 0 bridgehead atoms. The molecule has 1 atom stereocenters. The number of hydrogen-bond acceptors (Lipinski definition) is 4. The maximum Gasteiger partial charge on any atom is 0.264 e. The van der Waals surface area contributed by atoms with E-state index in [1.807, 2.05) is 12.1 Å². The van der Waals surface area contributed by atoms with Gasteiger partial charge in [0.25, 0.3) is 5.91 Å². The summed E-state index contributed by atoms with van der Waals surface area (Å²) in [5, 5.41) is 12.4. The third-order valence-corrected chi connectivity index (χ3v) is 5.86. The van der Waals surface area contributed by atoms with Gasteiger partial charge in [-0.05, 0) is 48.0 Å². The summed E-state index contributed by atoms with van der Waals surface area (Å²) < 4.78 is 5.26. The van der Waals surface area contributed by atoms with Crippen LogP contribution in [0.3, 0.4) is 0 Å². The molecule has 1 aliphatic rings. The van der Waals surface area contributed by atoms with Crippen LogP contribution in [-0.4, -0.2) is 23.9 Å². The van der Waals surface area contributed by atoms with Crippen LogP contribution in [0.4, 0.5) is 5.69 Å². The lowest BCUT2D eigenvalue weighted by Gasteiger charge is -2.23. The number of carbonyl (C=O) groups excluding carboxylic acids is 2. The second kappa shape index (κ2) is 8.35. The number of ether oxygens (including phenoxy) is 1. The van der Waals surface area contributed by atoms with Crippen LogP contribution in [-0.2, 0) is 16.9 Å². The van der Waals surface area contributed by atoms with Gasteiger partial charge in [0.2, 0.25) is 0 Å². The number of rotatable bonds is 6. The number of aliphatic hydroxyl groups is 1. The molecule has 3 aromatic rings. The summed E-state index contributed by atoms with van der Waals surface area (Å²) in [7, 11) is 1.46. The van der Waals surface area contributed by atoms with Crippen LogP contribution in [0, 0.1) is 0 Å². The van der Waals surface area contributed by atoms with E-state index in [9.17, 15) is 14.7 Å². The summed E-state index contributed by atoms with van der Waals surface area (Å²) in [6, 6.07) is 18.7. The van der Waals surface area contributed by atoms with Crippen molar-refractivity contribution in [3.05, 3.63) is 93.5 Å². The molecule has 0 spiro atoms. The van der Waals surface area contributed by atoms with E-state index in [4.69, 9.17) is 27.9 Å². The van der Waals surface area contributed by atoms with Crippen molar-refractivity contribution in [2.24, 2.45) is 0 Å². The number of anilines is 1. The summed E-state index contributed by atoms with van der Waals surface area (Å²) in [5.74, 6) is -0.610. The molecule has 4 rings (SSSR count). The molecule has 0 unspecified atom stereocenters. The molecule has 1 heterocycles. The molecule has 3 aromatic carbocycles. The van der Waals surface area contributed by atoms with Gasteiger partial charge in [-0.15, -0.1) is 0 Å². The molecule has 31 heavy (non-hydrogen) atoms. The van der Waals surface area contributed by atoms with E-state index in [1.54, 1.807) is 48.5 Å². The van der Waals surface area contributed by atoms with Gasteiger partial charge in [-0.2, -0.15) is 0 Å². The number of Topliss-reactive ketones (excluding diaryl/α,β-unsaturated/α-hetero) is 1. The number of methoxy groups -OCH3 is 1. The van der Waals surface area contributed by atoms with Crippen molar-refractivity contribution in [3.63, 3.8) is 0 Å². The van der Waals surface area contributed by atoms with Crippen LogP contribution < -0.4 is 9.64 Å². The van der Waals surface area contributed by atoms with Crippen molar-refractivity contribution in [2.75, 3.05) is 12.0 Å². The fraction of sp³-hybridized carbons (Fsp3) is 0.167. The number of carbonyl (C=O) groups is 2. The minimum atomic E-state index is -2.04. The van der Waals surface area contributed by atoms with Gasteiger partial charge in [-0.1, -0.05) is 47.5 Å². The van der Waals surface area contributed by atoms with Gasteiger partial charge in [0.15, 0.2) is 11.4 Å². The van der Waals surface area contributed by atoms with Gasteiger partial charge < -0.3 is 14.7 Å². The van der Waals surface area contributed by atoms with E-state index in [1.165, 1.54) is 18.1 Å². The first kappa shape index (κ1) is 21.4. The van der Waals surface area contributed by atoms with Crippen LogP contribution >= 0.6 is 23.2 Å². The molecular formula is C24H19Cl2NO4. The second-order valence-corrected chi connectivity index (χ2v) is 8.21. The second-order valence-electron chi connectivity index (χ2n) is 7.34. The van der Waals surface area contributed by atoms with Crippen molar-refractivity contribution in [1.29, 1.82) is 0 Å². The van der Waals surface area contributed by atoms with E-state index in [-0.39, 0.29) is 6.54 Å². The molecule has 0 saturated carbocycles. The highest BCUT2D eigenvalue weighted by atomic mass is 35.5. The Morgan fingerprint density at radius 3 is 2.42 bits per heavy atom. The highest BCUT2D eigenvalue weighted by Gasteiger charge is 2.51. The van der Waals surface area contributed by atoms with E-state index in [2.05, 4.69) is 0 Å². The summed E-state index contributed by atoms with van der Waals surface area (Å²) in [5.41, 5.74) is -0.0864. The van der Waals surface area contributed by atoms with Gasteiger partial charge in [0, 0.05) is 15.6 Å². The van der Waals surface area contributed by atoms with Gasteiger partial charge >= 0.3 is 0 Å². The zero-order chi connectivity index (χ0) is 22.2. The smallest absolute Gasteiger partial charge is 0.264 e. The fourth-order valence-corrected chi connectivity index (χ4v) is 4.12. The van der Waals surface area contributed by atoms with Crippen molar-refractivity contribution in [3.8, 4) is 5.75 Å². The third kappa shape index (κ3) is 3.92. The summed E-state index contributed by atoms with van der Waals surface area (Å²) in [6.45, 7) is 0.218. The van der Waals surface area contributed by atoms with E-state index >= 15 is 0 Å². The van der Waals surface area contributed by atoms with E-state index < -0.39 is 23.7 Å². The maximum atomic E-state index is 13.4. The summed E-state index contributed by atoms with van der Waals surface area (Å²) >= 11 is 12.1. The molecule has 0 radical (unpaired) electrons. The molecule has 0 aliphatic carbocycles. The average molecular weight is 456 g/mol. The van der Waals surface area contributed by atoms with Gasteiger partial charge in [0.1, 0.15) is 5.75 Å². The normalized spacial score (nSPS) is 17.5. The highest BCUT2D eigenvalue weighted by Crippen LogP contribution is 2.45. The molecule has 1 amide bonds. The number of benzene rings is 3. The molecule has 5 nitrogen and oxygen atoms in total. The minimum absolute atomic E-state index is 0.218. The highest BCUT2D eigenvalue weighted by molar-refractivity contribution is 6.31. The summed E-state index contributed by atoms with van der Waals surface area (Å²) in [6.07, 6.45) is -0.434. The molecule has 1 aliphatic heterocycles. The molecule has 0 saturated heterocycles. The Morgan fingerprint density at radius 1 is 1.03 bits per heavy atom. The Labute approximate surface area is 189 Å². The van der Waals surface area contributed by atoms with Crippen molar-refractivity contribution in [2.45, 2.75) is 18.6 Å². The predicted molar refractivity (Wildman–Crippen MR) is 120 cm³/mol. The Kier molecular flexibility index (Phi) is 5.75. The van der Waals surface area contributed by atoms with Gasteiger partial charge in [-0.25, -0.2) is 0 Å². The van der Waals surface area contributed by atoms with Crippen LogP contribution in [0.1, 0.15) is 27.9 Å². The lowest BCUT2D eigenvalue weighted by atomic mass is 9.88. The lowest BCUT2D eigenvalue weighted by molar-refractivity contribution is -0.136. The number of hydrogen-bond donors (Lipinski definition) is 1. The number of nitrogens with zero attached hydrogens (tertiary/aromatic N) is 1. The van der Waals surface area contributed by atoms with Crippen molar-refractivity contribution in [1.82, 2.24) is 0 Å². The number of fused-ring (bicyclic) bond motifs is 1. The zero-order valence-corrected chi connectivity index (χ0v) is 18.2. The standard InChI is InChI=1S/C24H19Cl2NO4/c1-31-22-5-3-2-4-18(22)21(28)13-24(30)19-12-17(26)10-11-20(19)27(23(24)29)14-15-6-8-16(25)9-7-15/h2-12,30H,13-14H2,1H3/t24-/m0/s1. The van der Waals surface area contributed by atoms with Crippen LogP contribution in [0.25, 0.3) is 0 Å². The number of amides is 1. The minimum Gasteiger partial charge on any atom is -0.496 e. The van der Waals surface area contributed by atoms with Crippen LogP contribution in [0.2, 0.25) is 10.0 Å². The van der Waals surface area contributed by atoms with E-state index in [0.29, 0.717) is 32.6 Å². The first-order valence-corrected chi connectivity index (χ1v) is 10.3. The van der Waals surface area contributed by atoms with Crippen LogP contribution in [0.5, 0.6) is 5.75 Å². The Hall–Kier alpha value is -2.86. The predicted octanol–water partition coefficient (Wildman–Crippen LogP) is 5.01. The fourth-order valence-electron chi connectivity index (χ4n) is 3.83. The van der Waals surface area contributed by atoms with Gasteiger partial charge in [-0.3, -0.25) is 9.59 Å². The van der Waals surface area contributed by atoms with Crippen LogP contribution in [0.15, 0.2) is 66.7 Å². The zero-order valence-electron chi connectivity index (χ0n) is 16.6. The topological polar surface area (TPSA) is 66.8 Å². The maximum absolute atomic E-state index is 13.4. The average Bonchev–Trinajstić information content (AvgIpc) is 2.96. The largest absolute Gasteiger partial charge is 0.496 e.